The van der Waals surface area contributed by atoms with Gasteiger partial charge in [-0.05, 0) is 18.1 Å². The zero-order valence-electron chi connectivity index (χ0n) is 10.1. The summed E-state index contributed by atoms with van der Waals surface area (Å²) in [4.78, 5) is 4.56. The van der Waals surface area contributed by atoms with Crippen molar-refractivity contribution < 1.29 is 4.21 Å². The lowest BCUT2D eigenvalue weighted by atomic mass is 10.1. The van der Waals surface area contributed by atoms with E-state index in [1.54, 1.807) is 0 Å². The standard InChI is InChI=1S/C14H16N2OS/c17-18(9-11-7-15-8-11)10-13-6-5-12-3-1-2-4-14(12)16-13/h1-6,11,15H,7-10H2. The van der Waals surface area contributed by atoms with Gasteiger partial charge in [0.2, 0.25) is 0 Å². The molecule has 4 heteroatoms. The Morgan fingerprint density at radius 1 is 1.22 bits per heavy atom. The van der Waals surface area contributed by atoms with E-state index in [9.17, 15) is 4.21 Å². The summed E-state index contributed by atoms with van der Waals surface area (Å²) in [5.74, 6) is 1.95. The zero-order valence-corrected chi connectivity index (χ0v) is 11.0. The summed E-state index contributed by atoms with van der Waals surface area (Å²) >= 11 is 0. The minimum atomic E-state index is -0.795. The summed E-state index contributed by atoms with van der Waals surface area (Å²) in [6, 6.07) is 12.1. The van der Waals surface area contributed by atoms with Gasteiger partial charge in [-0.2, -0.15) is 0 Å². The van der Waals surface area contributed by atoms with Crippen LogP contribution in [0, 0.1) is 5.92 Å². The van der Waals surface area contributed by atoms with Gasteiger partial charge in [0.15, 0.2) is 0 Å². The first-order valence-electron chi connectivity index (χ1n) is 6.21. The Morgan fingerprint density at radius 2 is 2.06 bits per heavy atom. The molecular formula is C14H16N2OS. The molecule has 0 aliphatic carbocycles. The van der Waals surface area contributed by atoms with Crippen molar-refractivity contribution in [1.82, 2.24) is 10.3 Å². The largest absolute Gasteiger partial charge is 0.316 e. The third kappa shape index (κ3) is 2.60. The molecule has 1 aliphatic heterocycles. The second-order valence-electron chi connectivity index (χ2n) is 4.77. The van der Waals surface area contributed by atoms with Gasteiger partial charge >= 0.3 is 0 Å². The van der Waals surface area contributed by atoms with Gasteiger partial charge in [0.05, 0.1) is 17.0 Å². The molecule has 0 radical (unpaired) electrons. The number of hydrogen-bond acceptors (Lipinski definition) is 3. The van der Waals surface area contributed by atoms with Crippen LogP contribution in [0.1, 0.15) is 5.69 Å². The van der Waals surface area contributed by atoms with Crippen LogP contribution >= 0.6 is 0 Å². The van der Waals surface area contributed by atoms with E-state index in [2.05, 4.69) is 16.4 Å². The number of nitrogens with zero attached hydrogens (tertiary/aromatic N) is 1. The Kier molecular flexibility index (Phi) is 3.39. The first kappa shape index (κ1) is 11.8. The first-order chi connectivity index (χ1) is 8.81. The van der Waals surface area contributed by atoms with Crippen LogP contribution in [0.3, 0.4) is 0 Å². The van der Waals surface area contributed by atoms with Gasteiger partial charge in [-0.15, -0.1) is 0 Å². The molecule has 3 rings (SSSR count). The van der Waals surface area contributed by atoms with Gasteiger partial charge in [-0.1, -0.05) is 24.3 Å². The monoisotopic (exact) mass is 260 g/mol. The molecule has 0 bridgehead atoms. The number of nitrogens with one attached hydrogen (secondary N) is 1. The fourth-order valence-corrected chi connectivity index (χ4v) is 3.51. The molecule has 0 amide bonds. The lowest BCUT2D eigenvalue weighted by Crippen LogP contribution is -2.44. The minimum absolute atomic E-state index is 0.571. The average molecular weight is 260 g/mol. The Balaban J connectivity index is 1.71. The molecule has 18 heavy (non-hydrogen) atoms. The number of fused-ring (bicyclic) bond motifs is 1. The Bertz CT molecular complexity index is 581. The van der Waals surface area contributed by atoms with Gasteiger partial charge in [0.1, 0.15) is 0 Å². The van der Waals surface area contributed by atoms with Crippen molar-refractivity contribution in [2.75, 3.05) is 18.8 Å². The second kappa shape index (κ2) is 5.16. The van der Waals surface area contributed by atoms with Crippen molar-refractivity contribution in [3.63, 3.8) is 0 Å². The fourth-order valence-electron chi connectivity index (χ4n) is 2.14. The summed E-state index contributed by atoms with van der Waals surface area (Å²) in [6.45, 7) is 2.02. The minimum Gasteiger partial charge on any atom is -0.316 e. The predicted molar refractivity (Wildman–Crippen MR) is 74.8 cm³/mol. The number of benzene rings is 1. The number of aromatic nitrogens is 1. The molecule has 0 saturated carbocycles. The normalized spacial score (nSPS) is 17.6. The molecule has 1 saturated heterocycles. The van der Waals surface area contributed by atoms with Crippen molar-refractivity contribution in [2.24, 2.45) is 5.92 Å². The zero-order chi connectivity index (χ0) is 12.4. The van der Waals surface area contributed by atoms with E-state index in [1.165, 1.54) is 0 Å². The van der Waals surface area contributed by atoms with E-state index in [-0.39, 0.29) is 0 Å². The maximum Gasteiger partial charge on any atom is 0.0705 e. The Morgan fingerprint density at radius 3 is 2.83 bits per heavy atom. The number of para-hydroxylation sites is 1. The summed E-state index contributed by atoms with van der Waals surface area (Å²) in [5.41, 5.74) is 1.91. The van der Waals surface area contributed by atoms with Crippen molar-refractivity contribution in [2.45, 2.75) is 5.75 Å². The highest BCUT2D eigenvalue weighted by Crippen LogP contribution is 2.14. The molecule has 1 aromatic carbocycles. The van der Waals surface area contributed by atoms with Gasteiger partial charge in [0.25, 0.3) is 0 Å². The van der Waals surface area contributed by atoms with E-state index in [1.807, 2.05) is 30.3 Å². The molecule has 1 unspecified atom stereocenters. The van der Waals surface area contributed by atoms with Crippen molar-refractivity contribution in [3.05, 3.63) is 42.1 Å². The predicted octanol–water partition coefficient (Wildman–Crippen LogP) is 1.70. The van der Waals surface area contributed by atoms with Gasteiger partial charge < -0.3 is 5.32 Å². The molecule has 1 atom stereocenters. The molecule has 0 spiro atoms. The number of pyridine rings is 1. The van der Waals surface area contributed by atoms with Gasteiger partial charge in [-0.3, -0.25) is 9.19 Å². The van der Waals surface area contributed by atoms with Crippen molar-refractivity contribution in [1.29, 1.82) is 0 Å². The van der Waals surface area contributed by atoms with Crippen LogP contribution < -0.4 is 5.32 Å². The summed E-state index contributed by atoms with van der Waals surface area (Å²) in [5, 5.41) is 4.34. The van der Waals surface area contributed by atoms with Crippen LogP contribution in [0.2, 0.25) is 0 Å². The molecule has 1 fully saturated rings. The molecular weight excluding hydrogens is 244 g/mol. The molecule has 94 valence electrons. The van der Waals surface area contributed by atoms with E-state index >= 15 is 0 Å². The van der Waals surface area contributed by atoms with Crippen LogP contribution in [0.5, 0.6) is 0 Å². The second-order valence-corrected chi connectivity index (χ2v) is 6.27. The van der Waals surface area contributed by atoms with Crippen LogP contribution in [-0.2, 0) is 16.6 Å². The van der Waals surface area contributed by atoms with Crippen molar-refractivity contribution >= 4 is 21.7 Å². The summed E-state index contributed by atoms with van der Waals surface area (Å²) < 4.78 is 12.0. The maximum absolute atomic E-state index is 12.0. The quantitative estimate of drug-likeness (QED) is 0.910. The Hall–Kier alpha value is -1.26. The first-order valence-corrected chi connectivity index (χ1v) is 7.70. The molecule has 2 heterocycles. The van der Waals surface area contributed by atoms with Crippen LogP contribution in [0.15, 0.2) is 36.4 Å². The van der Waals surface area contributed by atoms with Gasteiger partial charge in [0, 0.05) is 35.0 Å². The number of hydrogen-bond donors (Lipinski definition) is 1. The van der Waals surface area contributed by atoms with Crippen molar-refractivity contribution in [3.8, 4) is 0 Å². The highest BCUT2D eigenvalue weighted by molar-refractivity contribution is 7.84. The van der Waals surface area contributed by atoms with E-state index in [4.69, 9.17) is 0 Å². The average Bonchev–Trinajstić information content (AvgIpc) is 2.34. The van der Waals surface area contributed by atoms with E-state index in [0.29, 0.717) is 11.7 Å². The smallest absolute Gasteiger partial charge is 0.0705 e. The van der Waals surface area contributed by atoms with E-state index < -0.39 is 10.8 Å². The SMILES string of the molecule is O=S(Cc1ccc2ccccc2n1)CC1CNC1. The third-order valence-corrected chi connectivity index (χ3v) is 4.71. The lowest BCUT2D eigenvalue weighted by molar-refractivity contribution is 0.382. The highest BCUT2D eigenvalue weighted by Gasteiger charge is 2.19. The third-order valence-electron chi connectivity index (χ3n) is 3.25. The summed E-state index contributed by atoms with van der Waals surface area (Å²) in [7, 11) is -0.795. The molecule has 1 N–H and O–H groups in total. The van der Waals surface area contributed by atoms with Gasteiger partial charge in [-0.25, -0.2) is 0 Å². The maximum atomic E-state index is 12.0. The molecule has 1 aromatic heterocycles. The van der Waals surface area contributed by atoms with E-state index in [0.717, 1.165) is 35.4 Å². The lowest BCUT2D eigenvalue weighted by Gasteiger charge is -2.26. The topological polar surface area (TPSA) is 42.0 Å². The Labute approximate surface area is 109 Å². The van der Waals surface area contributed by atoms with Crippen LogP contribution in [0.25, 0.3) is 10.9 Å². The van der Waals surface area contributed by atoms with Crippen LogP contribution in [0.4, 0.5) is 0 Å². The van der Waals surface area contributed by atoms with Crippen LogP contribution in [-0.4, -0.2) is 28.0 Å². The highest BCUT2D eigenvalue weighted by atomic mass is 32.2. The summed E-state index contributed by atoms with van der Waals surface area (Å²) in [6.07, 6.45) is 0. The molecule has 2 aromatic rings. The molecule has 1 aliphatic rings. The number of rotatable bonds is 4. The molecule has 3 nitrogen and oxygen atoms in total. The fraction of sp³-hybridized carbons (Fsp3) is 0.357.